The molecule has 0 aliphatic carbocycles. The third-order valence-corrected chi connectivity index (χ3v) is 3.53. The summed E-state index contributed by atoms with van der Waals surface area (Å²) in [7, 11) is 0. The number of piperazine rings is 1. The van der Waals surface area contributed by atoms with Gasteiger partial charge in [-0.05, 0) is 0 Å². The Hall–Kier alpha value is -0.260. The molecule has 0 bridgehead atoms. The van der Waals surface area contributed by atoms with Gasteiger partial charge in [-0.3, -0.25) is 4.90 Å². The third kappa shape index (κ3) is 3.64. The SMILES string of the molecule is FC1(F)CCN(CCN2CCNCC2)CC1. The van der Waals surface area contributed by atoms with Crippen LogP contribution in [0.25, 0.3) is 0 Å². The summed E-state index contributed by atoms with van der Waals surface area (Å²) >= 11 is 0. The first-order valence-corrected chi connectivity index (χ1v) is 6.19. The van der Waals surface area contributed by atoms with Gasteiger partial charge in [0.2, 0.25) is 0 Å². The lowest BCUT2D eigenvalue weighted by molar-refractivity contribution is -0.0560. The van der Waals surface area contributed by atoms with Crippen LogP contribution in [0.2, 0.25) is 0 Å². The zero-order chi connectivity index (χ0) is 11.4. The standard InChI is InChI=1S/C11H21F2N3/c12-11(13)1-5-15(6-2-11)9-10-16-7-3-14-4-8-16/h14H,1-10H2. The second-order valence-corrected chi connectivity index (χ2v) is 4.79. The van der Waals surface area contributed by atoms with Crippen LogP contribution in [0.15, 0.2) is 0 Å². The monoisotopic (exact) mass is 233 g/mol. The van der Waals surface area contributed by atoms with E-state index < -0.39 is 5.92 Å². The van der Waals surface area contributed by atoms with Crippen LogP contribution < -0.4 is 5.32 Å². The number of hydrogen-bond donors (Lipinski definition) is 1. The Morgan fingerprint density at radius 1 is 0.875 bits per heavy atom. The topological polar surface area (TPSA) is 18.5 Å². The molecule has 2 saturated heterocycles. The first kappa shape index (κ1) is 12.2. The zero-order valence-electron chi connectivity index (χ0n) is 9.72. The van der Waals surface area contributed by atoms with Gasteiger partial charge in [0, 0.05) is 65.2 Å². The van der Waals surface area contributed by atoms with Crippen LogP contribution >= 0.6 is 0 Å². The van der Waals surface area contributed by atoms with E-state index in [-0.39, 0.29) is 12.8 Å². The van der Waals surface area contributed by atoms with Crippen molar-refractivity contribution >= 4 is 0 Å². The molecule has 0 unspecified atom stereocenters. The highest BCUT2D eigenvalue weighted by Gasteiger charge is 2.33. The van der Waals surface area contributed by atoms with E-state index in [1.54, 1.807) is 0 Å². The molecular weight excluding hydrogens is 212 g/mol. The van der Waals surface area contributed by atoms with Crippen LogP contribution in [0.4, 0.5) is 8.78 Å². The van der Waals surface area contributed by atoms with Crippen molar-refractivity contribution in [2.45, 2.75) is 18.8 Å². The second kappa shape index (κ2) is 5.38. The Morgan fingerprint density at radius 3 is 1.94 bits per heavy atom. The van der Waals surface area contributed by atoms with E-state index in [0.717, 1.165) is 39.3 Å². The Kier molecular flexibility index (Phi) is 4.10. The van der Waals surface area contributed by atoms with E-state index in [1.807, 2.05) is 0 Å². The van der Waals surface area contributed by atoms with Crippen molar-refractivity contribution < 1.29 is 8.78 Å². The first-order chi connectivity index (χ1) is 7.66. The largest absolute Gasteiger partial charge is 0.314 e. The van der Waals surface area contributed by atoms with Crippen molar-refractivity contribution in [2.75, 3.05) is 52.4 Å². The molecule has 0 radical (unpaired) electrons. The summed E-state index contributed by atoms with van der Waals surface area (Å²) in [6.07, 6.45) is 0.0725. The minimum absolute atomic E-state index is 0.0363. The fourth-order valence-corrected chi connectivity index (χ4v) is 2.32. The van der Waals surface area contributed by atoms with Gasteiger partial charge >= 0.3 is 0 Å². The average molecular weight is 233 g/mol. The molecule has 0 aromatic rings. The number of halogens is 2. The van der Waals surface area contributed by atoms with Gasteiger partial charge in [-0.1, -0.05) is 0 Å². The van der Waals surface area contributed by atoms with E-state index in [1.165, 1.54) is 0 Å². The lowest BCUT2D eigenvalue weighted by Gasteiger charge is -2.34. The molecule has 0 atom stereocenters. The van der Waals surface area contributed by atoms with Crippen LogP contribution in [0.1, 0.15) is 12.8 Å². The summed E-state index contributed by atoms with van der Waals surface area (Å²) in [5, 5.41) is 3.31. The van der Waals surface area contributed by atoms with Crippen LogP contribution in [-0.4, -0.2) is 68.1 Å². The Morgan fingerprint density at radius 2 is 1.38 bits per heavy atom. The fourth-order valence-electron chi connectivity index (χ4n) is 2.32. The van der Waals surface area contributed by atoms with Gasteiger partial charge in [-0.25, -0.2) is 8.78 Å². The quantitative estimate of drug-likeness (QED) is 0.771. The van der Waals surface area contributed by atoms with Crippen molar-refractivity contribution in [3.8, 4) is 0 Å². The van der Waals surface area contributed by atoms with Crippen molar-refractivity contribution in [3.63, 3.8) is 0 Å². The molecule has 1 N–H and O–H groups in total. The molecule has 2 aliphatic rings. The molecule has 94 valence electrons. The third-order valence-electron chi connectivity index (χ3n) is 3.53. The summed E-state index contributed by atoms with van der Waals surface area (Å²) in [5.74, 6) is -2.41. The molecule has 0 saturated carbocycles. The zero-order valence-corrected chi connectivity index (χ0v) is 9.72. The summed E-state index contributed by atoms with van der Waals surface area (Å²) in [6, 6.07) is 0. The van der Waals surface area contributed by atoms with E-state index in [9.17, 15) is 8.78 Å². The van der Waals surface area contributed by atoms with Gasteiger partial charge in [-0.2, -0.15) is 0 Å². The number of nitrogens with zero attached hydrogens (tertiary/aromatic N) is 2. The second-order valence-electron chi connectivity index (χ2n) is 4.79. The van der Waals surface area contributed by atoms with Crippen molar-refractivity contribution in [1.82, 2.24) is 15.1 Å². The average Bonchev–Trinajstić information content (AvgIpc) is 2.29. The lowest BCUT2D eigenvalue weighted by atomic mass is 10.1. The number of likely N-dealkylation sites (tertiary alicyclic amines) is 1. The van der Waals surface area contributed by atoms with Crippen LogP contribution in [0, 0.1) is 0 Å². The molecule has 2 aliphatic heterocycles. The van der Waals surface area contributed by atoms with Crippen molar-refractivity contribution in [2.24, 2.45) is 0 Å². The minimum Gasteiger partial charge on any atom is -0.314 e. The summed E-state index contributed by atoms with van der Waals surface area (Å²) in [4.78, 5) is 4.57. The van der Waals surface area contributed by atoms with Crippen molar-refractivity contribution in [3.05, 3.63) is 0 Å². The molecular formula is C11H21F2N3. The number of hydrogen-bond acceptors (Lipinski definition) is 3. The number of rotatable bonds is 3. The summed E-state index contributed by atoms with van der Waals surface area (Å²) in [6.45, 7) is 7.35. The number of nitrogens with one attached hydrogen (secondary N) is 1. The van der Waals surface area contributed by atoms with Crippen molar-refractivity contribution in [1.29, 1.82) is 0 Å². The van der Waals surface area contributed by atoms with E-state index in [2.05, 4.69) is 15.1 Å². The predicted octanol–water partition coefficient (Wildman–Crippen LogP) is 0.623. The smallest absolute Gasteiger partial charge is 0.250 e. The number of alkyl halides is 2. The molecule has 0 aromatic carbocycles. The molecule has 0 amide bonds. The van der Waals surface area contributed by atoms with Gasteiger partial charge in [-0.15, -0.1) is 0 Å². The molecule has 16 heavy (non-hydrogen) atoms. The highest BCUT2D eigenvalue weighted by Crippen LogP contribution is 2.27. The Balaban J connectivity index is 1.63. The maximum Gasteiger partial charge on any atom is 0.250 e. The number of piperidine rings is 1. The van der Waals surface area contributed by atoms with Crippen LogP contribution in [-0.2, 0) is 0 Å². The minimum atomic E-state index is -2.41. The van der Waals surface area contributed by atoms with Gasteiger partial charge in [0.1, 0.15) is 0 Å². The maximum atomic E-state index is 12.9. The Bertz CT molecular complexity index is 207. The summed E-state index contributed by atoms with van der Waals surface area (Å²) < 4.78 is 25.9. The molecule has 5 heteroatoms. The molecule has 2 rings (SSSR count). The Labute approximate surface area is 95.8 Å². The van der Waals surface area contributed by atoms with E-state index in [0.29, 0.717) is 13.1 Å². The normalized spacial score (nSPS) is 28.1. The highest BCUT2D eigenvalue weighted by molar-refractivity contribution is 4.78. The maximum absolute atomic E-state index is 12.9. The molecule has 0 aromatic heterocycles. The van der Waals surface area contributed by atoms with E-state index >= 15 is 0 Å². The van der Waals surface area contributed by atoms with Gasteiger partial charge in [0.05, 0.1) is 0 Å². The van der Waals surface area contributed by atoms with E-state index in [4.69, 9.17) is 0 Å². The van der Waals surface area contributed by atoms with Crippen LogP contribution in [0.5, 0.6) is 0 Å². The highest BCUT2D eigenvalue weighted by atomic mass is 19.3. The lowest BCUT2D eigenvalue weighted by Crippen LogP contribution is -2.48. The summed E-state index contributed by atoms with van der Waals surface area (Å²) in [5.41, 5.74) is 0. The first-order valence-electron chi connectivity index (χ1n) is 6.19. The van der Waals surface area contributed by atoms with Gasteiger partial charge < -0.3 is 10.2 Å². The van der Waals surface area contributed by atoms with Gasteiger partial charge in [0.15, 0.2) is 0 Å². The predicted molar refractivity (Wildman–Crippen MR) is 59.9 cm³/mol. The fraction of sp³-hybridized carbons (Fsp3) is 1.00. The van der Waals surface area contributed by atoms with Crippen LogP contribution in [0.3, 0.4) is 0 Å². The molecule has 2 heterocycles. The molecule has 3 nitrogen and oxygen atoms in total. The van der Waals surface area contributed by atoms with Gasteiger partial charge in [0.25, 0.3) is 5.92 Å². The molecule has 0 spiro atoms. The molecule has 2 fully saturated rings.